The van der Waals surface area contributed by atoms with Gasteiger partial charge in [-0.3, -0.25) is 4.79 Å². The Morgan fingerprint density at radius 2 is 1.82 bits per heavy atom. The predicted molar refractivity (Wildman–Crippen MR) is 79.7 cm³/mol. The molecule has 0 N–H and O–H groups in total. The standard InChI is InChI=1S/C15H15ClN2O4/c16-9-7-12-13(22-6-5-21-12)8-11(9)18-14(19)10-3-1-2-4-17(10)15(18)20/h7-8,10H,1-6H2. The van der Waals surface area contributed by atoms with Crippen LogP contribution in [0.1, 0.15) is 19.3 Å². The van der Waals surface area contributed by atoms with Gasteiger partial charge in [0.25, 0.3) is 5.91 Å². The summed E-state index contributed by atoms with van der Waals surface area (Å²) in [5.41, 5.74) is 0.371. The van der Waals surface area contributed by atoms with Crippen LogP contribution in [-0.4, -0.2) is 42.6 Å². The second kappa shape index (κ2) is 5.05. The fourth-order valence-corrected chi connectivity index (χ4v) is 3.47. The largest absolute Gasteiger partial charge is 0.486 e. The number of piperidine rings is 1. The lowest BCUT2D eigenvalue weighted by Gasteiger charge is -2.26. The summed E-state index contributed by atoms with van der Waals surface area (Å²) in [6.07, 6.45) is 2.60. The van der Waals surface area contributed by atoms with E-state index in [1.165, 1.54) is 4.90 Å². The Kier molecular flexibility index (Phi) is 3.14. The highest BCUT2D eigenvalue weighted by Crippen LogP contribution is 2.42. The van der Waals surface area contributed by atoms with Crippen LogP contribution < -0.4 is 14.4 Å². The number of nitrogens with zero attached hydrogens (tertiary/aromatic N) is 2. The van der Waals surface area contributed by atoms with Gasteiger partial charge in [-0.2, -0.15) is 0 Å². The second-order valence-electron chi connectivity index (χ2n) is 5.61. The van der Waals surface area contributed by atoms with Gasteiger partial charge in [0.05, 0.1) is 10.7 Å². The van der Waals surface area contributed by atoms with Crippen molar-refractivity contribution in [1.29, 1.82) is 0 Å². The number of hydrogen-bond donors (Lipinski definition) is 0. The van der Waals surface area contributed by atoms with Gasteiger partial charge in [-0.25, -0.2) is 9.69 Å². The third kappa shape index (κ3) is 1.94. The Hall–Kier alpha value is -1.95. The maximum atomic E-state index is 12.6. The number of halogens is 1. The molecule has 1 aromatic carbocycles. The van der Waals surface area contributed by atoms with E-state index in [0.717, 1.165) is 12.8 Å². The third-order valence-corrected chi connectivity index (χ3v) is 4.60. The molecule has 3 aliphatic heterocycles. The molecule has 2 fully saturated rings. The summed E-state index contributed by atoms with van der Waals surface area (Å²) in [7, 11) is 0. The normalized spacial score (nSPS) is 23.8. The fourth-order valence-electron chi connectivity index (χ4n) is 3.24. The van der Waals surface area contributed by atoms with E-state index in [1.807, 2.05) is 0 Å². The second-order valence-corrected chi connectivity index (χ2v) is 6.02. The molecule has 0 saturated carbocycles. The molecule has 1 unspecified atom stereocenters. The van der Waals surface area contributed by atoms with E-state index in [1.54, 1.807) is 17.0 Å². The zero-order valence-electron chi connectivity index (χ0n) is 11.9. The van der Waals surface area contributed by atoms with E-state index in [2.05, 4.69) is 0 Å². The summed E-state index contributed by atoms with van der Waals surface area (Å²) in [5, 5.41) is 0.311. The number of anilines is 1. The molecule has 0 aliphatic carbocycles. The van der Waals surface area contributed by atoms with E-state index >= 15 is 0 Å². The van der Waals surface area contributed by atoms with E-state index in [9.17, 15) is 9.59 Å². The predicted octanol–water partition coefficient (Wildman–Crippen LogP) is 2.43. The Balaban J connectivity index is 1.75. The number of amides is 3. The lowest BCUT2D eigenvalue weighted by atomic mass is 10.0. The fraction of sp³-hybridized carbons (Fsp3) is 0.467. The van der Waals surface area contributed by atoms with Crippen molar-refractivity contribution in [2.45, 2.75) is 25.3 Å². The van der Waals surface area contributed by atoms with Crippen molar-refractivity contribution in [3.63, 3.8) is 0 Å². The summed E-state index contributed by atoms with van der Waals surface area (Å²) < 4.78 is 11.0. The number of imide groups is 1. The van der Waals surface area contributed by atoms with Crippen molar-refractivity contribution in [1.82, 2.24) is 4.90 Å². The number of rotatable bonds is 1. The number of ether oxygens (including phenoxy) is 2. The molecule has 3 aliphatic rings. The minimum Gasteiger partial charge on any atom is -0.486 e. The van der Waals surface area contributed by atoms with Crippen LogP contribution in [0.4, 0.5) is 10.5 Å². The maximum absolute atomic E-state index is 12.6. The molecule has 6 nitrogen and oxygen atoms in total. The molecule has 116 valence electrons. The van der Waals surface area contributed by atoms with E-state index < -0.39 is 0 Å². The van der Waals surface area contributed by atoms with Gasteiger partial charge in [-0.1, -0.05) is 11.6 Å². The molecule has 0 bridgehead atoms. The van der Waals surface area contributed by atoms with Gasteiger partial charge in [0, 0.05) is 18.7 Å². The summed E-state index contributed by atoms with van der Waals surface area (Å²) in [5.74, 6) is 0.844. The number of carbonyl (C=O) groups excluding carboxylic acids is 2. The number of benzene rings is 1. The molecule has 22 heavy (non-hydrogen) atoms. The van der Waals surface area contributed by atoms with Gasteiger partial charge in [0.1, 0.15) is 19.3 Å². The zero-order chi connectivity index (χ0) is 15.3. The van der Waals surface area contributed by atoms with E-state index in [-0.39, 0.29) is 18.0 Å². The van der Waals surface area contributed by atoms with Gasteiger partial charge < -0.3 is 14.4 Å². The Bertz CT molecular complexity index is 639. The van der Waals surface area contributed by atoms with Gasteiger partial charge in [-0.15, -0.1) is 0 Å². The van der Waals surface area contributed by atoms with Crippen molar-refractivity contribution in [2.24, 2.45) is 0 Å². The minimum atomic E-state index is -0.356. The lowest BCUT2D eigenvalue weighted by molar-refractivity contribution is -0.120. The number of fused-ring (bicyclic) bond motifs is 2. The molecule has 3 amide bonds. The highest BCUT2D eigenvalue weighted by molar-refractivity contribution is 6.36. The van der Waals surface area contributed by atoms with Gasteiger partial charge in [-0.05, 0) is 19.3 Å². The van der Waals surface area contributed by atoms with Crippen molar-refractivity contribution in [3.8, 4) is 11.5 Å². The van der Waals surface area contributed by atoms with Gasteiger partial charge in [0.2, 0.25) is 0 Å². The average Bonchev–Trinajstić information content (AvgIpc) is 2.79. The van der Waals surface area contributed by atoms with Crippen molar-refractivity contribution in [3.05, 3.63) is 17.2 Å². The van der Waals surface area contributed by atoms with Crippen LogP contribution in [0.25, 0.3) is 0 Å². The molecule has 0 spiro atoms. The Morgan fingerprint density at radius 1 is 1.09 bits per heavy atom. The Labute approximate surface area is 132 Å². The molecule has 2 saturated heterocycles. The van der Waals surface area contributed by atoms with Crippen LogP contribution >= 0.6 is 11.6 Å². The van der Waals surface area contributed by atoms with Gasteiger partial charge >= 0.3 is 6.03 Å². The molecule has 0 aromatic heterocycles. The topological polar surface area (TPSA) is 59.1 Å². The molecule has 4 rings (SSSR count). The van der Waals surface area contributed by atoms with Crippen molar-refractivity contribution < 1.29 is 19.1 Å². The molecular weight excluding hydrogens is 308 g/mol. The van der Waals surface area contributed by atoms with Crippen LogP contribution in [0.15, 0.2) is 12.1 Å². The molecule has 0 radical (unpaired) electrons. The highest BCUT2D eigenvalue weighted by atomic mass is 35.5. The summed E-state index contributed by atoms with van der Waals surface area (Å²) >= 11 is 6.27. The summed E-state index contributed by atoms with van der Waals surface area (Å²) in [4.78, 5) is 28.0. The molecule has 1 atom stereocenters. The van der Waals surface area contributed by atoms with Crippen LogP contribution in [0.3, 0.4) is 0 Å². The van der Waals surface area contributed by atoms with E-state index in [0.29, 0.717) is 48.4 Å². The molecule has 7 heteroatoms. The Morgan fingerprint density at radius 3 is 2.55 bits per heavy atom. The summed E-state index contributed by atoms with van der Waals surface area (Å²) in [6, 6.07) is 2.56. The minimum absolute atomic E-state index is 0.205. The monoisotopic (exact) mass is 322 g/mol. The first-order valence-corrected chi connectivity index (χ1v) is 7.78. The average molecular weight is 323 g/mol. The first-order valence-electron chi connectivity index (χ1n) is 7.40. The SMILES string of the molecule is O=C1C2CCCCN2C(=O)N1c1cc2c(cc1Cl)OCCO2. The lowest BCUT2D eigenvalue weighted by Crippen LogP contribution is -2.39. The van der Waals surface area contributed by atoms with Crippen LogP contribution in [0.2, 0.25) is 5.02 Å². The molecular formula is C15H15ClN2O4. The quantitative estimate of drug-likeness (QED) is 0.745. The number of hydrogen-bond acceptors (Lipinski definition) is 4. The first-order chi connectivity index (χ1) is 10.7. The number of carbonyl (C=O) groups is 2. The number of urea groups is 1. The van der Waals surface area contributed by atoms with Gasteiger partial charge in [0.15, 0.2) is 11.5 Å². The van der Waals surface area contributed by atoms with Crippen LogP contribution in [0, 0.1) is 0 Å². The first kappa shape index (κ1) is 13.7. The van der Waals surface area contributed by atoms with Crippen LogP contribution in [0.5, 0.6) is 11.5 Å². The maximum Gasteiger partial charge on any atom is 0.332 e. The molecule has 1 aromatic rings. The van der Waals surface area contributed by atoms with Crippen LogP contribution in [-0.2, 0) is 4.79 Å². The summed E-state index contributed by atoms with van der Waals surface area (Å²) in [6.45, 7) is 1.51. The van der Waals surface area contributed by atoms with Crippen molar-refractivity contribution >= 4 is 29.2 Å². The smallest absolute Gasteiger partial charge is 0.332 e. The third-order valence-electron chi connectivity index (χ3n) is 4.30. The zero-order valence-corrected chi connectivity index (χ0v) is 12.6. The highest BCUT2D eigenvalue weighted by Gasteiger charge is 2.47. The molecule has 3 heterocycles. The van der Waals surface area contributed by atoms with Crippen molar-refractivity contribution in [2.75, 3.05) is 24.7 Å². The van der Waals surface area contributed by atoms with E-state index in [4.69, 9.17) is 21.1 Å².